The summed E-state index contributed by atoms with van der Waals surface area (Å²) in [6.45, 7) is 2.33. The summed E-state index contributed by atoms with van der Waals surface area (Å²) < 4.78 is 11.5. The number of nitriles is 1. The molecule has 0 heterocycles. The molecule has 2 rings (SSSR count). The predicted octanol–water partition coefficient (Wildman–Crippen LogP) is 5.71. The normalized spacial score (nSPS) is 10.9. The van der Waals surface area contributed by atoms with Crippen LogP contribution in [0.25, 0.3) is 6.08 Å². The van der Waals surface area contributed by atoms with Crippen LogP contribution >= 0.6 is 39.1 Å². The van der Waals surface area contributed by atoms with E-state index in [1.165, 1.54) is 19.3 Å². The molecule has 0 fully saturated rings. The lowest BCUT2D eigenvalue weighted by molar-refractivity contribution is -0.112. The van der Waals surface area contributed by atoms with Crippen LogP contribution in [0.2, 0.25) is 10.0 Å². The van der Waals surface area contributed by atoms with E-state index in [1.54, 1.807) is 24.3 Å². The molecule has 0 saturated carbocycles. The lowest BCUT2D eigenvalue weighted by Gasteiger charge is -2.12. The van der Waals surface area contributed by atoms with Gasteiger partial charge in [-0.15, -0.1) is 0 Å². The average molecular weight is 470 g/mol. The van der Waals surface area contributed by atoms with E-state index in [4.69, 9.17) is 32.7 Å². The lowest BCUT2D eigenvalue weighted by atomic mass is 10.1. The second kappa shape index (κ2) is 9.65. The molecule has 0 spiro atoms. The summed E-state index contributed by atoms with van der Waals surface area (Å²) >= 11 is 15.4. The Kier molecular flexibility index (Phi) is 7.55. The average Bonchev–Trinajstić information content (AvgIpc) is 2.64. The number of amides is 1. The van der Waals surface area contributed by atoms with Crippen LogP contribution < -0.4 is 14.8 Å². The highest BCUT2D eigenvalue weighted by atomic mass is 79.9. The van der Waals surface area contributed by atoms with Gasteiger partial charge in [-0.2, -0.15) is 5.26 Å². The van der Waals surface area contributed by atoms with E-state index in [0.29, 0.717) is 43.9 Å². The molecule has 0 aromatic heterocycles. The van der Waals surface area contributed by atoms with E-state index in [0.717, 1.165) is 0 Å². The molecule has 0 aliphatic carbocycles. The van der Waals surface area contributed by atoms with E-state index >= 15 is 0 Å². The molecule has 1 amide bonds. The van der Waals surface area contributed by atoms with Crippen LogP contribution in [0.3, 0.4) is 0 Å². The second-order valence-electron chi connectivity index (χ2n) is 5.22. The summed E-state index contributed by atoms with van der Waals surface area (Å²) in [6.07, 6.45) is 1.44. The molecule has 2 aromatic rings. The van der Waals surface area contributed by atoms with E-state index < -0.39 is 5.91 Å². The molecule has 1 N–H and O–H groups in total. The Morgan fingerprint density at radius 1 is 1.33 bits per heavy atom. The van der Waals surface area contributed by atoms with Crippen LogP contribution in [0.15, 0.2) is 40.4 Å². The molecule has 0 unspecified atom stereocenters. The fourth-order valence-corrected chi connectivity index (χ4v) is 3.12. The largest absolute Gasteiger partial charge is 0.493 e. The number of ether oxygens (including phenoxy) is 2. The number of hydrogen-bond acceptors (Lipinski definition) is 4. The number of carbonyl (C=O) groups excluding carboxylic acids is 1. The minimum Gasteiger partial charge on any atom is -0.493 e. The van der Waals surface area contributed by atoms with Gasteiger partial charge in [-0.25, -0.2) is 0 Å². The van der Waals surface area contributed by atoms with Gasteiger partial charge >= 0.3 is 0 Å². The number of methoxy groups -OCH3 is 1. The monoisotopic (exact) mass is 468 g/mol. The molecular formula is C19H15BrCl2N2O3. The maximum absolute atomic E-state index is 12.4. The Morgan fingerprint density at radius 3 is 2.70 bits per heavy atom. The number of benzene rings is 2. The Bertz CT molecular complexity index is 939. The molecular weight excluding hydrogens is 455 g/mol. The first-order valence-corrected chi connectivity index (χ1v) is 9.33. The third kappa shape index (κ3) is 5.39. The number of halogens is 3. The van der Waals surface area contributed by atoms with E-state index in [9.17, 15) is 10.1 Å². The quantitative estimate of drug-likeness (QED) is 0.434. The van der Waals surface area contributed by atoms with Gasteiger partial charge in [0, 0.05) is 5.02 Å². The Hall–Kier alpha value is -2.20. The van der Waals surface area contributed by atoms with Gasteiger partial charge in [0.15, 0.2) is 11.5 Å². The van der Waals surface area contributed by atoms with E-state index in [2.05, 4.69) is 21.2 Å². The number of anilines is 1. The summed E-state index contributed by atoms with van der Waals surface area (Å²) in [5.74, 6) is 0.421. The van der Waals surface area contributed by atoms with Crippen molar-refractivity contribution in [3.05, 3.63) is 56.0 Å². The first-order chi connectivity index (χ1) is 12.9. The predicted molar refractivity (Wildman–Crippen MR) is 111 cm³/mol. The van der Waals surface area contributed by atoms with Gasteiger partial charge < -0.3 is 14.8 Å². The summed E-state index contributed by atoms with van der Waals surface area (Å²) in [6, 6.07) is 9.95. The van der Waals surface area contributed by atoms with Crippen molar-refractivity contribution in [1.82, 2.24) is 0 Å². The zero-order valence-electron chi connectivity index (χ0n) is 14.5. The smallest absolute Gasteiger partial charge is 0.266 e. The Balaban J connectivity index is 2.35. The standard InChI is InChI=1S/C19H15BrCl2N2O3/c1-3-27-18-14(20)7-11(8-17(18)26-2)6-12(10-23)19(25)24-16-9-13(21)4-5-15(16)22/h4-9H,3H2,1-2H3,(H,24,25)/b12-6+. The highest BCUT2D eigenvalue weighted by Gasteiger charge is 2.15. The van der Waals surface area contributed by atoms with Crippen molar-refractivity contribution < 1.29 is 14.3 Å². The molecule has 140 valence electrons. The van der Waals surface area contributed by atoms with Crippen LogP contribution in [0, 0.1) is 11.3 Å². The molecule has 0 aliphatic heterocycles. The topological polar surface area (TPSA) is 71.3 Å². The first kappa shape index (κ1) is 21.1. The molecule has 5 nitrogen and oxygen atoms in total. The first-order valence-electron chi connectivity index (χ1n) is 7.78. The van der Waals surface area contributed by atoms with Crippen LogP contribution in [-0.2, 0) is 4.79 Å². The van der Waals surface area contributed by atoms with Crippen molar-refractivity contribution in [2.75, 3.05) is 19.0 Å². The fourth-order valence-electron chi connectivity index (χ4n) is 2.21. The van der Waals surface area contributed by atoms with E-state index in [1.807, 2.05) is 13.0 Å². The Morgan fingerprint density at radius 2 is 2.07 bits per heavy atom. The third-order valence-corrected chi connectivity index (χ3v) is 4.55. The summed E-state index contributed by atoms with van der Waals surface area (Å²) in [7, 11) is 1.51. The van der Waals surface area contributed by atoms with Gasteiger partial charge in [-0.1, -0.05) is 23.2 Å². The molecule has 0 radical (unpaired) electrons. The van der Waals surface area contributed by atoms with Crippen molar-refractivity contribution >= 4 is 56.8 Å². The van der Waals surface area contributed by atoms with Gasteiger partial charge in [0.05, 0.1) is 28.9 Å². The van der Waals surface area contributed by atoms with Crippen LogP contribution in [0.1, 0.15) is 12.5 Å². The molecule has 27 heavy (non-hydrogen) atoms. The summed E-state index contributed by atoms with van der Waals surface area (Å²) in [5.41, 5.74) is 0.802. The number of nitrogens with zero attached hydrogens (tertiary/aromatic N) is 1. The minimum atomic E-state index is -0.606. The summed E-state index contributed by atoms with van der Waals surface area (Å²) in [4.78, 5) is 12.4. The van der Waals surface area contributed by atoms with Gasteiger partial charge in [-0.3, -0.25) is 4.79 Å². The number of hydrogen-bond donors (Lipinski definition) is 1. The summed E-state index contributed by atoms with van der Waals surface area (Å²) in [5, 5.41) is 12.7. The minimum absolute atomic E-state index is 0.107. The lowest BCUT2D eigenvalue weighted by Crippen LogP contribution is -2.13. The molecule has 0 saturated heterocycles. The van der Waals surface area contributed by atoms with Gasteiger partial charge in [0.1, 0.15) is 11.6 Å². The molecule has 0 bridgehead atoms. The van der Waals surface area contributed by atoms with Crippen molar-refractivity contribution in [3.8, 4) is 17.6 Å². The second-order valence-corrected chi connectivity index (χ2v) is 6.91. The highest BCUT2D eigenvalue weighted by molar-refractivity contribution is 9.10. The van der Waals surface area contributed by atoms with Crippen molar-refractivity contribution in [1.29, 1.82) is 5.26 Å². The van der Waals surface area contributed by atoms with Crippen LogP contribution in [0.4, 0.5) is 5.69 Å². The maximum Gasteiger partial charge on any atom is 0.266 e. The van der Waals surface area contributed by atoms with E-state index in [-0.39, 0.29) is 5.57 Å². The molecule has 0 aliphatic rings. The van der Waals surface area contributed by atoms with Gasteiger partial charge in [0.2, 0.25) is 0 Å². The van der Waals surface area contributed by atoms with Crippen molar-refractivity contribution in [2.45, 2.75) is 6.92 Å². The molecule has 8 heteroatoms. The van der Waals surface area contributed by atoms with Crippen molar-refractivity contribution in [3.63, 3.8) is 0 Å². The highest BCUT2D eigenvalue weighted by Crippen LogP contribution is 2.37. The van der Waals surface area contributed by atoms with Gasteiger partial charge in [-0.05, 0) is 64.8 Å². The molecule has 2 aromatic carbocycles. The van der Waals surface area contributed by atoms with Crippen molar-refractivity contribution in [2.24, 2.45) is 0 Å². The Labute approximate surface area is 175 Å². The van der Waals surface area contributed by atoms with Gasteiger partial charge in [0.25, 0.3) is 5.91 Å². The van der Waals surface area contributed by atoms with Crippen LogP contribution in [0.5, 0.6) is 11.5 Å². The molecule has 0 atom stereocenters. The number of carbonyl (C=O) groups is 1. The zero-order valence-corrected chi connectivity index (χ0v) is 17.6. The zero-order chi connectivity index (χ0) is 20.0. The van der Waals surface area contributed by atoms with Crippen LogP contribution in [-0.4, -0.2) is 19.6 Å². The maximum atomic E-state index is 12.4. The SMILES string of the molecule is CCOc1c(Br)cc(/C=C(\C#N)C(=O)Nc2cc(Cl)ccc2Cl)cc1OC. The third-order valence-electron chi connectivity index (χ3n) is 3.39. The number of nitrogens with one attached hydrogen (secondary N) is 1. The fraction of sp³-hybridized carbons (Fsp3) is 0.158. The number of rotatable bonds is 6.